The van der Waals surface area contributed by atoms with Gasteiger partial charge in [0, 0.05) is 24.4 Å². The second kappa shape index (κ2) is 9.94. The molecule has 1 heterocycles. The third-order valence-corrected chi connectivity index (χ3v) is 4.04. The summed E-state index contributed by atoms with van der Waals surface area (Å²) in [5.41, 5.74) is 0.857. The highest BCUT2D eigenvalue weighted by Gasteiger charge is 2.12. The van der Waals surface area contributed by atoms with Crippen molar-refractivity contribution < 1.29 is 14.1 Å². The van der Waals surface area contributed by atoms with E-state index in [0.717, 1.165) is 24.2 Å². The number of hydrogen-bond donors (Lipinski definition) is 1. The standard InChI is InChI=1S/C20H29N3O3/c1-5-25-17-10-8-16(9-11-17)20-22-19(26-23-20)13-12-18(24)21-15(4)7-6-14(2)3/h8-11,14-15H,5-7,12-13H2,1-4H3,(H,21,24). The normalized spacial score (nSPS) is 12.2. The summed E-state index contributed by atoms with van der Waals surface area (Å²) in [7, 11) is 0. The monoisotopic (exact) mass is 359 g/mol. The topological polar surface area (TPSA) is 77.2 Å². The number of amides is 1. The molecule has 0 saturated heterocycles. The van der Waals surface area contributed by atoms with Crippen molar-refractivity contribution >= 4 is 5.91 Å². The lowest BCUT2D eigenvalue weighted by Crippen LogP contribution is -2.32. The Balaban J connectivity index is 1.81. The van der Waals surface area contributed by atoms with E-state index >= 15 is 0 Å². The molecule has 6 heteroatoms. The molecule has 1 amide bonds. The third kappa shape index (κ3) is 6.50. The van der Waals surface area contributed by atoms with Crippen molar-refractivity contribution in [3.8, 4) is 17.1 Å². The van der Waals surface area contributed by atoms with Crippen LogP contribution in [-0.4, -0.2) is 28.7 Å². The van der Waals surface area contributed by atoms with E-state index in [1.165, 1.54) is 0 Å². The van der Waals surface area contributed by atoms with Gasteiger partial charge in [0.15, 0.2) is 0 Å². The van der Waals surface area contributed by atoms with Gasteiger partial charge in [0.05, 0.1) is 6.61 Å². The van der Waals surface area contributed by atoms with Crippen LogP contribution in [0, 0.1) is 5.92 Å². The van der Waals surface area contributed by atoms with Crippen molar-refractivity contribution in [2.24, 2.45) is 5.92 Å². The summed E-state index contributed by atoms with van der Waals surface area (Å²) in [5, 5.41) is 7.01. The van der Waals surface area contributed by atoms with Gasteiger partial charge < -0.3 is 14.6 Å². The first-order valence-electron chi connectivity index (χ1n) is 9.33. The lowest BCUT2D eigenvalue weighted by Gasteiger charge is -2.14. The molecule has 0 spiro atoms. The molecule has 0 fully saturated rings. The summed E-state index contributed by atoms with van der Waals surface area (Å²) >= 11 is 0. The van der Waals surface area contributed by atoms with Crippen LogP contribution in [0.5, 0.6) is 5.75 Å². The average Bonchev–Trinajstić information content (AvgIpc) is 3.08. The minimum Gasteiger partial charge on any atom is -0.494 e. The van der Waals surface area contributed by atoms with Crippen LogP contribution in [0.15, 0.2) is 28.8 Å². The van der Waals surface area contributed by atoms with Crippen LogP contribution in [0.3, 0.4) is 0 Å². The molecule has 0 aliphatic carbocycles. The van der Waals surface area contributed by atoms with Crippen LogP contribution in [-0.2, 0) is 11.2 Å². The van der Waals surface area contributed by atoms with E-state index in [1.54, 1.807) is 0 Å². The molecule has 1 unspecified atom stereocenters. The van der Waals surface area contributed by atoms with E-state index in [1.807, 2.05) is 38.1 Å². The van der Waals surface area contributed by atoms with E-state index in [4.69, 9.17) is 9.26 Å². The van der Waals surface area contributed by atoms with E-state index in [2.05, 4.69) is 29.3 Å². The van der Waals surface area contributed by atoms with Gasteiger partial charge in [0.25, 0.3) is 0 Å². The molecule has 6 nitrogen and oxygen atoms in total. The van der Waals surface area contributed by atoms with E-state index in [0.29, 0.717) is 37.1 Å². The number of ether oxygens (including phenoxy) is 1. The van der Waals surface area contributed by atoms with Crippen LogP contribution in [0.2, 0.25) is 0 Å². The Labute approximate surface area is 155 Å². The van der Waals surface area contributed by atoms with Gasteiger partial charge in [0.2, 0.25) is 17.6 Å². The second-order valence-corrected chi connectivity index (χ2v) is 6.91. The summed E-state index contributed by atoms with van der Waals surface area (Å²) in [5.74, 6) is 2.46. The van der Waals surface area contributed by atoms with E-state index in [9.17, 15) is 4.79 Å². The highest BCUT2D eigenvalue weighted by molar-refractivity contribution is 5.76. The minimum atomic E-state index is 0.0158. The molecule has 0 bridgehead atoms. The van der Waals surface area contributed by atoms with Crippen LogP contribution in [0.25, 0.3) is 11.4 Å². The number of nitrogens with zero attached hydrogens (tertiary/aromatic N) is 2. The van der Waals surface area contributed by atoms with Crippen LogP contribution >= 0.6 is 0 Å². The minimum absolute atomic E-state index is 0.0158. The third-order valence-electron chi connectivity index (χ3n) is 4.04. The molecular formula is C20H29N3O3. The van der Waals surface area contributed by atoms with Crippen molar-refractivity contribution in [1.82, 2.24) is 15.5 Å². The summed E-state index contributed by atoms with van der Waals surface area (Å²) in [6, 6.07) is 7.72. The van der Waals surface area contributed by atoms with Crippen LogP contribution < -0.4 is 10.1 Å². The quantitative estimate of drug-likeness (QED) is 0.693. The molecule has 1 aromatic carbocycles. The number of hydrogen-bond acceptors (Lipinski definition) is 5. The zero-order valence-corrected chi connectivity index (χ0v) is 16.1. The Bertz CT molecular complexity index is 680. The number of carbonyl (C=O) groups is 1. The molecule has 0 saturated carbocycles. The van der Waals surface area contributed by atoms with Gasteiger partial charge in [-0.15, -0.1) is 0 Å². The van der Waals surface area contributed by atoms with Crippen molar-refractivity contribution in [3.63, 3.8) is 0 Å². The van der Waals surface area contributed by atoms with Crippen molar-refractivity contribution in [1.29, 1.82) is 0 Å². The Morgan fingerprint density at radius 2 is 1.92 bits per heavy atom. The van der Waals surface area contributed by atoms with Gasteiger partial charge in [-0.3, -0.25) is 4.79 Å². The summed E-state index contributed by atoms with van der Waals surface area (Å²) in [6.07, 6.45) is 2.88. The number of aromatic nitrogens is 2. The van der Waals surface area contributed by atoms with E-state index < -0.39 is 0 Å². The maximum Gasteiger partial charge on any atom is 0.227 e. The van der Waals surface area contributed by atoms with E-state index in [-0.39, 0.29) is 11.9 Å². The molecule has 2 aromatic rings. The van der Waals surface area contributed by atoms with Crippen molar-refractivity contribution in [3.05, 3.63) is 30.2 Å². The molecule has 142 valence electrons. The van der Waals surface area contributed by atoms with Gasteiger partial charge in [-0.1, -0.05) is 19.0 Å². The first kappa shape index (κ1) is 19.9. The molecule has 1 aromatic heterocycles. The highest BCUT2D eigenvalue weighted by Crippen LogP contribution is 2.20. The summed E-state index contributed by atoms with van der Waals surface area (Å²) in [6.45, 7) is 8.99. The zero-order chi connectivity index (χ0) is 18.9. The van der Waals surface area contributed by atoms with Crippen molar-refractivity contribution in [2.45, 2.75) is 59.4 Å². The Morgan fingerprint density at radius 3 is 2.58 bits per heavy atom. The predicted octanol–water partition coefficient (Wildman–Crippen LogP) is 4.01. The lowest BCUT2D eigenvalue weighted by molar-refractivity contribution is -0.121. The smallest absolute Gasteiger partial charge is 0.227 e. The number of carbonyl (C=O) groups excluding carboxylic acids is 1. The van der Waals surface area contributed by atoms with Gasteiger partial charge in [0.1, 0.15) is 5.75 Å². The molecule has 1 N–H and O–H groups in total. The van der Waals surface area contributed by atoms with Gasteiger partial charge in [-0.05, 0) is 56.9 Å². The largest absolute Gasteiger partial charge is 0.494 e. The summed E-state index contributed by atoms with van der Waals surface area (Å²) < 4.78 is 10.7. The molecule has 0 aliphatic heterocycles. The zero-order valence-electron chi connectivity index (χ0n) is 16.1. The maximum absolute atomic E-state index is 12.0. The van der Waals surface area contributed by atoms with Gasteiger partial charge >= 0.3 is 0 Å². The molecule has 0 radical (unpaired) electrons. The number of aryl methyl sites for hydroxylation is 1. The average molecular weight is 359 g/mol. The molecule has 0 aliphatic rings. The number of benzene rings is 1. The second-order valence-electron chi connectivity index (χ2n) is 6.91. The highest BCUT2D eigenvalue weighted by atomic mass is 16.5. The fraction of sp³-hybridized carbons (Fsp3) is 0.550. The fourth-order valence-electron chi connectivity index (χ4n) is 2.56. The Morgan fingerprint density at radius 1 is 1.19 bits per heavy atom. The molecule has 26 heavy (non-hydrogen) atoms. The first-order chi connectivity index (χ1) is 12.5. The molecule has 2 rings (SSSR count). The molecule has 1 atom stereocenters. The maximum atomic E-state index is 12.0. The van der Waals surface area contributed by atoms with Crippen LogP contribution in [0.4, 0.5) is 0 Å². The number of nitrogens with one attached hydrogen (secondary N) is 1. The van der Waals surface area contributed by atoms with Crippen molar-refractivity contribution in [2.75, 3.05) is 6.61 Å². The summed E-state index contributed by atoms with van der Waals surface area (Å²) in [4.78, 5) is 16.4. The molecular weight excluding hydrogens is 330 g/mol. The Hall–Kier alpha value is -2.37. The first-order valence-corrected chi connectivity index (χ1v) is 9.33. The lowest BCUT2D eigenvalue weighted by atomic mass is 10.0. The Kier molecular flexibility index (Phi) is 7.63. The SMILES string of the molecule is CCOc1ccc(-c2noc(CCC(=O)NC(C)CCC(C)C)n2)cc1. The van der Waals surface area contributed by atoms with Crippen LogP contribution in [0.1, 0.15) is 52.8 Å². The predicted molar refractivity (Wildman–Crippen MR) is 101 cm³/mol. The van der Waals surface area contributed by atoms with Gasteiger partial charge in [-0.2, -0.15) is 4.98 Å². The fourth-order valence-corrected chi connectivity index (χ4v) is 2.56. The number of rotatable bonds is 10. The van der Waals surface area contributed by atoms with Gasteiger partial charge in [-0.25, -0.2) is 0 Å².